The maximum atomic E-state index is 12.8. The summed E-state index contributed by atoms with van der Waals surface area (Å²) in [6.07, 6.45) is 0.0211. The van der Waals surface area contributed by atoms with Gasteiger partial charge in [-0.3, -0.25) is 4.79 Å². The number of carbonyl (C=O) groups is 1. The number of aromatic hydroxyl groups is 1. The molecule has 9 heteroatoms. The summed E-state index contributed by atoms with van der Waals surface area (Å²) in [5, 5.41) is 27.2. The van der Waals surface area contributed by atoms with Crippen molar-refractivity contribution in [3.8, 4) is 5.75 Å². The van der Waals surface area contributed by atoms with Gasteiger partial charge in [0, 0.05) is 13.1 Å². The van der Waals surface area contributed by atoms with Crippen LogP contribution in [0.4, 0.5) is 17.3 Å². The molecule has 0 aliphatic carbocycles. The van der Waals surface area contributed by atoms with Crippen LogP contribution >= 0.6 is 11.7 Å². The zero-order valence-corrected chi connectivity index (χ0v) is 19.8. The molecule has 2 aromatic carbocycles. The largest absolute Gasteiger partial charge is 0.505 e. The van der Waals surface area contributed by atoms with Crippen LogP contribution in [0.1, 0.15) is 49.2 Å². The number of carbonyl (C=O) groups excluding carboxylic acids is 1. The number of aliphatic hydroxyl groups is 1. The number of aromatic nitrogens is 2. The van der Waals surface area contributed by atoms with Crippen molar-refractivity contribution in [3.05, 3.63) is 59.7 Å². The summed E-state index contributed by atoms with van der Waals surface area (Å²) in [6, 6.07) is 15.1. The number of anilines is 3. The van der Waals surface area contributed by atoms with Crippen LogP contribution in [0.25, 0.3) is 0 Å². The highest BCUT2D eigenvalue weighted by Crippen LogP contribution is 2.38. The van der Waals surface area contributed by atoms with Gasteiger partial charge in [0.2, 0.25) is 0 Å². The fraction of sp³-hybridized carbons (Fsp3) is 0.375. The summed E-state index contributed by atoms with van der Waals surface area (Å²) in [6.45, 7) is 7.20. The molecule has 0 unspecified atom stereocenters. The van der Waals surface area contributed by atoms with E-state index in [0.717, 1.165) is 17.3 Å². The van der Waals surface area contributed by atoms with Gasteiger partial charge in [-0.15, -0.1) is 0 Å². The topological polar surface area (TPSA) is 111 Å². The van der Waals surface area contributed by atoms with Crippen LogP contribution < -0.4 is 10.6 Å². The van der Waals surface area contributed by atoms with E-state index in [1.165, 1.54) is 0 Å². The second kappa shape index (κ2) is 9.36. The molecule has 4 N–H and O–H groups in total. The van der Waals surface area contributed by atoms with Gasteiger partial charge in [0.05, 0.1) is 35.1 Å². The number of β-amino-alcohol motifs (C(OH)–C–C–N with tert-alkyl or cyclic N) is 1. The van der Waals surface area contributed by atoms with E-state index >= 15 is 0 Å². The zero-order chi connectivity index (χ0) is 23.6. The van der Waals surface area contributed by atoms with Crippen LogP contribution in [0, 0.1) is 5.41 Å². The third-order valence-corrected chi connectivity index (χ3v) is 6.27. The number of rotatable bonds is 6. The van der Waals surface area contributed by atoms with Gasteiger partial charge in [-0.2, -0.15) is 8.75 Å². The summed E-state index contributed by atoms with van der Waals surface area (Å²) >= 11 is 1.06. The number of amides is 1. The summed E-state index contributed by atoms with van der Waals surface area (Å²) in [7, 11) is 0. The molecule has 0 saturated carbocycles. The molecule has 2 atom stereocenters. The van der Waals surface area contributed by atoms with Crippen LogP contribution in [-0.2, 0) is 0 Å². The predicted molar refractivity (Wildman–Crippen MR) is 130 cm³/mol. The van der Waals surface area contributed by atoms with Gasteiger partial charge in [-0.25, -0.2) is 0 Å². The van der Waals surface area contributed by atoms with Crippen molar-refractivity contribution in [3.63, 3.8) is 0 Å². The maximum Gasteiger partial charge on any atom is 0.257 e. The smallest absolute Gasteiger partial charge is 0.257 e. The Bertz CT molecular complexity index is 1110. The first-order valence-electron chi connectivity index (χ1n) is 10.9. The van der Waals surface area contributed by atoms with Crippen LogP contribution in [-0.4, -0.2) is 49.0 Å². The van der Waals surface area contributed by atoms with Gasteiger partial charge in [-0.05, 0) is 29.5 Å². The Morgan fingerprint density at radius 3 is 2.52 bits per heavy atom. The fourth-order valence-electron chi connectivity index (χ4n) is 3.99. The Morgan fingerprint density at radius 2 is 1.85 bits per heavy atom. The lowest BCUT2D eigenvalue weighted by atomic mass is 9.82. The molecular formula is C24H29N5O3S. The number of likely N-dealkylation sites (tertiary alicyclic amines) is 1. The molecule has 33 heavy (non-hydrogen) atoms. The number of benzene rings is 2. The molecule has 1 aliphatic heterocycles. The molecule has 0 spiro atoms. The van der Waals surface area contributed by atoms with E-state index in [9.17, 15) is 15.0 Å². The Balaban J connectivity index is 1.57. The molecule has 1 aliphatic rings. The summed E-state index contributed by atoms with van der Waals surface area (Å²) in [5.74, 6) is 0.585. The molecule has 3 aromatic rings. The quantitative estimate of drug-likeness (QED) is 0.398. The zero-order valence-electron chi connectivity index (χ0n) is 18.9. The monoisotopic (exact) mass is 467 g/mol. The number of nitrogens with one attached hydrogen (secondary N) is 2. The van der Waals surface area contributed by atoms with E-state index < -0.39 is 6.10 Å². The molecule has 8 nitrogen and oxygen atoms in total. The number of aliphatic hydroxyl groups excluding tert-OH is 1. The number of nitrogens with zero attached hydrogens (tertiary/aromatic N) is 3. The Morgan fingerprint density at radius 1 is 1.12 bits per heavy atom. The van der Waals surface area contributed by atoms with Crippen molar-refractivity contribution >= 4 is 35.0 Å². The van der Waals surface area contributed by atoms with Gasteiger partial charge in [0.25, 0.3) is 5.91 Å². The second-order valence-electron chi connectivity index (χ2n) is 9.34. The van der Waals surface area contributed by atoms with Crippen LogP contribution in [0.5, 0.6) is 5.75 Å². The summed E-state index contributed by atoms with van der Waals surface area (Å²) in [5.41, 5.74) is 1.58. The lowest BCUT2D eigenvalue weighted by Crippen LogP contribution is -2.29. The normalized spacial score (nSPS) is 17.1. The molecule has 174 valence electrons. The minimum atomic E-state index is -0.521. The first kappa shape index (κ1) is 23.0. The third-order valence-electron chi connectivity index (χ3n) is 5.74. The molecule has 1 fully saturated rings. The van der Waals surface area contributed by atoms with E-state index in [-0.39, 0.29) is 35.2 Å². The van der Waals surface area contributed by atoms with E-state index in [1.807, 2.05) is 18.2 Å². The number of phenols is 1. The lowest BCUT2D eigenvalue weighted by molar-refractivity contribution is 0.0762. The molecule has 1 saturated heterocycles. The third kappa shape index (κ3) is 5.09. The van der Waals surface area contributed by atoms with Gasteiger partial charge in [-0.1, -0.05) is 57.2 Å². The molecule has 4 rings (SSSR count). The van der Waals surface area contributed by atoms with E-state index in [4.69, 9.17) is 0 Å². The maximum absolute atomic E-state index is 12.8. The molecule has 2 heterocycles. The Labute approximate surface area is 197 Å². The van der Waals surface area contributed by atoms with Crippen molar-refractivity contribution in [1.82, 2.24) is 13.6 Å². The van der Waals surface area contributed by atoms with Gasteiger partial charge >= 0.3 is 0 Å². The van der Waals surface area contributed by atoms with Crippen LogP contribution in [0.2, 0.25) is 0 Å². The Hall–Kier alpha value is -3.17. The van der Waals surface area contributed by atoms with Crippen molar-refractivity contribution in [1.29, 1.82) is 0 Å². The minimum absolute atomic E-state index is 0.0220. The standard InChI is InChI=1S/C24H29N5O3S/c1-24(2,3)20(15-8-5-4-6-9-15)26-22-21(27-33-28-22)25-18-11-7-10-17(19(18)31)23(32)29-13-12-16(30)14-29/h4-11,16,20,30-31H,12-14H2,1-3H3,(H,25,27)(H,26,28)/t16-,20+/m1/s1. The fourth-order valence-corrected chi connectivity index (χ4v) is 4.46. The van der Waals surface area contributed by atoms with Crippen LogP contribution in [0.3, 0.4) is 0 Å². The van der Waals surface area contributed by atoms with Crippen molar-refractivity contribution in [2.24, 2.45) is 5.41 Å². The highest BCUT2D eigenvalue weighted by atomic mass is 32.1. The van der Waals surface area contributed by atoms with Crippen LogP contribution in [0.15, 0.2) is 48.5 Å². The predicted octanol–water partition coefficient (Wildman–Crippen LogP) is 4.39. The molecule has 0 bridgehead atoms. The number of hydrogen-bond acceptors (Lipinski definition) is 8. The minimum Gasteiger partial charge on any atom is -0.505 e. The highest BCUT2D eigenvalue weighted by Gasteiger charge is 2.29. The average molecular weight is 468 g/mol. The van der Waals surface area contributed by atoms with Gasteiger partial charge in [0.15, 0.2) is 17.4 Å². The second-order valence-corrected chi connectivity index (χ2v) is 9.86. The van der Waals surface area contributed by atoms with E-state index in [2.05, 4.69) is 52.3 Å². The highest BCUT2D eigenvalue weighted by molar-refractivity contribution is 6.99. The van der Waals surface area contributed by atoms with E-state index in [1.54, 1.807) is 23.1 Å². The first-order chi connectivity index (χ1) is 15.7. The van der Waals surface area contributed by atoms with Crippen molar-refractivity contribution < 1.29 is 15.0 Å². The molecular weight excluding hydrogens is 438 g/mol. The Kier molecular flexibility index (Phi) is 6.53. The number of para-hydroxylation sites is 1. The number of hydrogen-bond donors (Lipinski definition) is 4. The lowest BCUT2D eigenvalue weighted by Gasteiger charge is -2.32. The average Bonchev–Trinajstić information content (AvgIpc) is 3.41. The SMILES string of the molecule is CC(C)(C)[C@@H](Nc1nsnc1Nc1cccc(C(=O)N2CC[C@@H](O)C2)c1O)c1ccccc1. The number of phenolic OH excluding ortho intramolecular Hbond substituents is 1. The van der Waals surface area contributed by atoms with Gasteiger partial charge < -0.3 is 25.7 Å². The van der Waals surface area contributed by atoms with E-state index in [0.29, 0.717) is 30.3 Å². The first-order valence-corrected chi connectivity index (χ1v) is 11.7. The molecule has 0 radical (unpaired) electrons. The summed E-state index contributed by atoms with van der Waals surface area (Å²) < 4.78 is 8.78. The molecule has 1 amide bonds. The van der Waals surface area contributed by atoms with Gasteiger partial charge in [0.1, 0.15) is 0 Å². The van der Waals surface area contributed by atoms with Crippen molar-refractivity contribution in [2.75, 3.05) is 23.7 Å². The van der Waals surface area contributed by atoms with Crippen molar-refractivity contribution in [2.45, 2.75) is 39.3 Å². The molecule has 1 aromatic heterocycles. The summed E-state index contributed by atoms with van der Waals surface area (Å²) in [4.78, 5) is 14.4.